The minimum atomic E-state index is -0.439. The zero-order valence-corrected chi connectivity index (χ0v) is 15.2. The van der Waals surface area contributed by atoms with Crippen molar-refractivity contribution in [2.45, 2.75) is 65.6 Å². The molecule has 22 heavy (non-hydrogen) atoms. The molecule has 0 aromatic carbocycles. The van der Waals surface area contributed by atoms with Gasteiger partial charge >= 0.3 is 6.09 Å². The summed E-state index contributed by atoms with van der Waals surface area (Å²) in [4.78, 5) is 19.7. The maximum absolute atomic E-state index is 12.1. The first-order valence-electron chi connectivity index (χ1n) is 7.83. The Morgan fingerprint density at radius 3 is 2.68 bits per heavy atom. The molecule has 124 valence electrons. The molecule has 1 amide bonds. The fourth-order valence-electron chi connectivity index (χ4n) is 2.77. The summed E-state index contributed by atoms with van der Waals surface area (Å²) >= 11 is 1.73. The van der Waals surface area contributed by atoms with Crippen LogP contribution in [-0.4, -0.2) is 40.7 Å². The molecule has 2 rings (SSSR count). The molecule has 0 saturated carbocycles. The summed E-state index contributed by atoms with van der Waals surface area (Å²) in [5.74, 6) is 0. The van der Waals surface area contributed by atoms with Gasteiger partial charge < -0.3 is 15.0 Å². The Hall–Kier alpha value is -1.14. The summed E-state index contributed by atoms with van der Waals surface area (Å²) in [6.07, 6.45) is 0.733. The lowest BCUT2D eigenvalue weighted by atomic mass is 10.1. The topological polar surface area (TPSA) is 54.5 Å². The smallest absolute Gasteiger partial charge is 0.410 e. The highest BCUT2D eigenvalue weighted by molar-refractivity contribution is 7.11. The highest BCUT2D eigenvalue weighted by Gasteiger charge is 2.30. The number of carbonyl (C=O) groups is 1. The molecule has 0 radical (unpaired) electrons. The first kappa shape index (κ1) is 17.2. The third-order valence-electron chi connectivity index (χ3n) is 3.68. The van der Waals surface area contributed by atoms with Crippen molar-refractivity contribution in [1.29, 1.82) is 0 Å². The maximum atomic E-state index is 12.1. The number of aromatic nitrogens is 1. The number of amides is 1. The Balaban J connectivity index is 1.88. The molecule has 1 aliphatic heterocycles. The number of ether oxygens (including phenoxy) is 1. The highest BCUT2D eigenvalue weighted by atomic mass is 32.1. The van der Waals surface area contributed by atoms with Crippen molar-refractivity contribution in [3.8, 4) is 0 Å². The molecule has 1 N–H and O–H groups in total. The molecule has 2 unspecified atom stereocenters. The van der Waals surface area contributed by atoms with Gasteiger partial charge in [-0.2, -0.15) is 0 Å². The van der Waals surface area contributed by atoms with Crippen LogP contribution in [0.4, 0.5) is 4.79 Å². The number of nitrogens with zero attached hydrogens (tertiary/aromatic N) is 2. The Morgan fingerprint density at radius 1 is 1.45 bits per heavy atom. The first-order valence-corrected chi connectivity index (χ1v) is 8.65. The molecule has 0 bridgehead atoms. The molecule has 0 aliphatic carbocycles. The molecule has 5 nitrogen and oxygen atoms in total. The van der Waals surface area contributed by atoms with Crippen molar-refractivity contribution in [2.75, 3.05) is 13.1 Å². The average Bonchev–Trinajstić information content (AvgIpc) is 2.94. The number of thiazole rings is 1. The van der Waals surface area contributed by atoms with Crippen molar-refractivity contribution in [3.63, 3.8) is 0 Å². The Morgan fingerprint density at radius 2 is 2.14 bits per heavy atom. The lowest BCUT2D eigenvalue weighted by Crippen LogP contribution is -2.39. The molecule has 0 spiro atoms. The van der Waals surface area contributed by atoms with E-state index >= 15 is 0 Å². The average molecular weight is 325 g/mol. The molecule has 2 heterocycles. The number of nitrogens with one attached hydrogen (secondary N) is 1. The number of carbonyl (C=O) groups excluding carboxylic acids is 1. The van der Waals surface area contributed by atoms with Gasteiger partial charge in [0, 0.05) is 30.1 Å². The van der Waals surface area contributed by atoms with Crippen LogP contribution in [0, 0.1) is 13.8 Å². The van der Waals surface area contributed by atoms with Crippen molar-refractivity contribution < 1.29 is 9.53 Å². The van der Waals surface area contributed by atoms with Gasteiger partial charge in [0.1, 0.15) is 5.60 Å². The van der Waals surface area contributed by atoms with E-state index in [1.165, 1.54) is 4.88 Å². The van der Waals surface area contributed by atoms with Crippen LogP contribution in [0.1, 0.15) is 55.7 Å². The van der Waals surface area contributed by atoms with Crippen molar-refractivity contribution in [3.05, 3.63) is 15.6 Å². The van der Waals surface area contributed by atoms with Crippen molar-refractivity contribution in [2.24, 2.45) is 0 Å². The number of rotatable bonds is 3. The number of likely N-dealkylation sites (tertiary alicyclic amines) is 1. The van der Waals surface area contributed by atoms with Crippen LogP contribution < -0.4 is 5.32 Å². The van der Waals surface area contributed by atoms with Gasteiger partial charge in [-0.05, 0) is 48.0 Å². The van der Waals surface area contributed by atoms with E-state index in [2.05, 4.69) is 24.1 Å². The second-order valence-corrected chi connectivity index (χ2v) is 8.38. The number of hydrogen-bond donors (Lipinski definition) is 1. The predicted octanol–water partition coefficient (Wildman–Crippen LogP) is 3.42. The van der Waals surface area contributed by atoms with E-state index in [1.54, 1.807) is 16.2 Å². The molecule has 1 aliphatic rings. The fraction of sp³-hybridized carbons (Fsp3) is 0.750. The summed E-state index contributed by atoms with van der Waals surface area (Å²) in [6.45, 7) is 13.4. The Kier molecular flexibility index (Phi) is 5.12. The van der Waals surface area contributed by atoms with Gasteiger partial charge in [0.15, 0.2) is 0 Å². The summed E-state index contributed by atoms with van der Waals surface area (Å²) in [5.41, 5.74) is 0.684. The van der Waals surface area contributed by atoms with Gasteiger partial charge in [-0.3, -0.25) is 0 Å². The maximum Gasteiger partial charge on any atom is 0.410 e. The van der Waals surface area contributed by atoms with Gasteiger partial charge in [-0.25, -0.2) is 9.78 Å². The van der Waals surface area contributed by atoms with Gasteiger partial charge in [0.05, 0.1) is 10.7 Å². The van der Waals surface area contributed by atoms with E-state index < -0.39 is 5.60 Å². The molecule has 1 aromatic rings. The monoisotopic (exact) mass is 325 g/mol. The van der Waals surface area contributed by atoms with Crippen LogP contribution in [0.25, 0.3) is 0 Å². The normalized spacial score (nSPS) is 20.3. The summed E-state index contributed by atoms with van der Waals surface area (Å²) in [5, 5.41) is 4.69. The van der Waals surface area contributed by atoms with E-state index in [9.17, 15) is 4.79 Å². The van der Waals surface area contributed by atoms with Crippen LogP contribution >= 0.6 is 11.3 Å². The minimum absolute atomic E-state index is 0.202. The van der Waals surface area contributed by atoms with Crippen LogP contribution in [0.5, 0.6) is 0 Å². The third kappa shape index (κ3) is 4.43. The van der Waals surface area contributed by atoms with Crippen molar-refractivity contribution in [1.82, 2.24) is 15.2 Å². The fourth-order valence-corrected chi connectivity index (χ4v) is 3.68. The van der Waals surface area contributed by atoms with Crippen molar-refractivity contribution >= 4 is 17.4 Å². The Bertz CT molecular complexity index is 536. The number of hydrogen-bond acceptors (Lipinski definition) is 5. The molecule has 1 fully saturated rings. The Labute approximate surface area is 137 Å². The zero-order valence-electron chi connectivity index (χ0n) is 14.4. The zero-order chi connectivity index (χ0) is 16.5. The lowest BCUT2D eigenvalue weighted by Gasteiger charge is -2.25. The first-order chi connectivity index (χ1) is 10.2. The summed E-state index contributed by atoms with van der Waals surface area (Å²) in [6, 6.07) is 0.498. The van der Waals surface area contributed by atoms with Gasteiger partial charge in [0.25, 0.3) is 0 Å². The quantitative estimate of drug-likeness (QED) is 0.925. The highest BCUT2D eigenvalue weighted by Crippen LogP contribution is 2.24. The number of aryl methyl sites for hydroxylation is 2. The van der Waals surface area contributed by atoms with E-state index in [0.717, 1.165) is 23.7 Å². The molecule has 2 atom stereocenters. The molecular weight excluding hydrogens is 298 g/mol. The lowest BCUT2D eigenvalue weighted by molar-refractivity contribution is 0.0290. The summed E-state index contributed by atoms with van der Waals surface area (Å²) < 4.78 is 5.43. The van der Waals surface area contributed by atoms with E-state index in [0.29, 0.717) is 12.6 Å². The largest absolute Gasteiger partial charge is 0.444 e. The third-order valence-corrected chi connectivity index (χ3v) is 4.58. The van der Waals surface area contributed by atoms with E-state index in [4.69, 9.17) is 4.74 Å². The van der Waals surface area contributed by atoms with E-state index in [-0.39, 0.29) is 12.1 Å². The molecular formula is C16H27N3O2S. The van der Waals surface area contributed by atoms with Gasteiger partial charge in [0.2, 0.25) is 0 Å². The minimum Gasteiger partial charge on any atom is -0.444 e. The molecule has 1 saturated heterocycles. The second-order valence-electron chi connectivity index (χ2n) is 6.97. The van der Waals surface area contributed by atoms with Gasteiger partial charge in [-0.15, -0.1) is 11.3 Å². The van der Waals surface area contributed by atoms with Crippen LogP contribution in [0.3, 0.4) is 0 Å². The second kappa shape index (κ2) is 6.54. The molecule has 1 aromatic heterocycles. The predicted molar refractivity (Wildman–Crippen MR) is 89.4 cm³/mol. The van der Waals surface area contributed by atoms with Crippen LogP contribution in [0.2, 0.25) is 0 Å². The standard InChI is InChI=1S/C16H27N3O2S/c1-10(14-11(2)22-12(3)18-14)17-13-7-8-19(9-13)15(20)21-16(4,5)6/h10,13,17H,7-9H2,1-6H3. The molecule has 6 heteroatoms. The van der Waals surface area contributed by atoms with Crippen LogP contribution in [-0.2, 0) is 4.74 Å². The SMILES string of the molecule is Cc1nc(C(C)NC2CCN(C(=O)OC(C)(C)C)C2)c(C)s1. The van der Waals surface area contributed by atoms with Crippen LogP contribution in [0.15, 0.2) is 0 Å². The van der Waals surface area contributed by atoms with E-state index in [1.807, 2.05) is 27.7 Å². The van der Waals surface area contributed by atoms with Gasteiger partial charge in [-0.1, -0.05) is 0 Å². The summed E-state index contributed by atoms with van der Waals surface area (Å²) in [7, 11) is 0.